The summed E-state index contributed by atoms with van der Waals surface area (Å²) in [5, 5.41) is 14.5. The molecule has 108 valence electrons. The van der Waals surface area contributed by atoms with Gasteiger partial charge in [0.25, 0.3) is 5.91 Å². The lowest BCUT2D eigenvalue weighted by Crippen LogP contribution is -2.22. The number of aromatic nitrogens is 1. The van der Waals surface area contributed by atoms with Crippen molar-refractivity contribution >= 4 is 18.0 Å². The lowest BCUT2D eigenvalue weighted by molar-refractivity contribution is -0.131. The van der Waals surface area contributed by atoms with Crippen molar-refractivity contribution in [2.45, 2.75) is 6.54 Å². The number of carboxylic acids is 1. The molecular formula is C14H11FN2O4. The Balaban J connectivity index is 2.05. The van der Waals surface area contributed by atoms with Gasteiger partial charge in [-0.15, -0.1) is 0 Å². The molecule has 0 saturated heterocycles. The summed E-state index contributed by atoms with van der Waals surface area (Å²) >= 11 is 0. The Labute approximate surface area is 118 Å². The van der Waals surface area contributed by atoms with Crippen molar-refractivity contribution in [3.8, 4) is 0 Å². The molecule has 6 nitrogen and oxygen atoms in total. The molecule has 1 amide bonds. The Bertz CT molecular complexity index is 680. The molecule has 1 aromatic carbocycles. The summed E-state index contributed by atoms with van der Waals surface area (Å²) in [5.41, 5.74) is 0.212. The zero-order chi connectivity index (χ0) is 15.2. The number of aliphatic carboxylic acids is 1. The molecule has 2 N–H and O–H groups in total. The van der Waals surface area contributed by atoms with Crippen LogP contribution in [0.2, 0.25) is 0 Å². The first kappa shape index (κ1) is 14.4. The van der Waals surface area contributed by atoms with Crippen LogP contribution < -0.4 is 5.32 Å². The zero-order valence-electron chi connectivity index (χ0n) is 10.7. The van der Waals surface area contributed by atoms with Crippen LogP contribution in [0, 0.1) is 5.82 Å². The van der Waals surface area contributed by atoms with Gasteiger partial charge in [0.05, 0.1) is 12.7 Å². The number of rotatable bonds is 5. The van der Waals surface area contributed by atoms with Crippen molar-refractivity contribution in [1.82, 2.24) is 10.5 Å². The number of nitrogens with one attached hydrogen (secondary N) is 1. The second-order valence-electron chi connectivity index (χ2n) is 4.07. The fraction of sp³-hybridized carbons (Fsp3) is 0.0714. The fourth-order valence-corrected chi connectivity index (χ4v) is 1.57. The molecule has 0 saturated carbocycles. The number of carbonyl (C=O) groups excluding carboxylic acids is 1. The summed E-state index contributed by atoms with van der Waals surface area (Å²) in [6, 6.07) is 5.37. The van der Waals surface area contributed by atoms with Gasteiger partial charge in [-0.25, -0.2) is 9.18 Å². The molecule has 0 spiro atoms. The van der Waals surface area contributed by atoms with Crippen molar-refractivity contribution in [3.63, 3.8) is 0 Å². The minimum Gasteiger partial charge on any atom is -0.478 e. The lowest BCUT2D eigenvalue weighted by Gasteiger charge is -2.04. The average molecular weight is 290 g/mol. The molecule has 1 heterocycles. The highest BCUT2D eigenvalue weighted by atomic mass is 19.1. The maximum absolute atomic E-state index is 13.7. The normalized spacial score (nSPS) is 10.7. The molecule has 0 fully saturated rings. The first-order valence-electron chi connectivity index (χ1n) is 5.94. The van der Waals surface area contributed by atoms with Gasteiger partial charge < -0.3 is 14.9 Å². The third kappa shape index (κ3) is 4.00. The van der Waals surface area contributed by atoms with E-state index >= 15 is 0 Å². The summed E-state index contributed by atoms with van der Waals surface area (Å²) in [7, 11) is 0. The molecule has 1 aromatic heterocycles. The van der Waals surface area contributed by atoms with Crippen LogP contribution in [0.15, 0.2) is 41.1 Å². The number of amides is 1. The number of halogens is 1. The molecule has 0 bridgehead atoms. The van der Waals surface area contributed by atoms with Crippen molar-refractivity contribution in [2.24, 2.45) is 0 Å². The van der Waals surface area contributed by atoms with Crippen LogP contribution in [0.5, 0.6) is 0 Å². The zero-order valence-corrected chi connectivity index (χ0v) is 10.7. The van der Waals surface area contributed by atoms with E-state index in [9.17, 15) is 14.0 Å². The summed E-state index contributed by atoms with van der Waals surface area (Å²) in [6.07, 6.45) is 3.39. The van der Waals surface area contributed by atoms with E-state index in [1.165, 1.54) is 18.3 Å². The van der Waals surface area contributed by atoms with Crippen LogP contribution >= 0.6 is 0 Å². The summed E-state index contributed by atoms with van der Waals surface area (Å²) in [5.74, 6) is -1.85. The van der Waals surface area contributed by atoms with Gasteiger partial charge in [0, 0.05) is 23.3 Å². The largest absolute Gasteiger partial charge is 0.478 e. The standard InChI is InChI=1S/C14H11FN2O4/c15-12-7-10(2-1-9(12)3-4-13(18)19)14(20)16-8-11-5-6-17-21-11/h1-7H,8H2,(H,16,20)(H,18,19)/b4-3+. The molecule has 0 aliphatic carbocycles. The van der Waals surface area contributed by atoms with Crippen LogP contribution in [0.25, 0.3) is 6.08 Å². The van der Waals surface area contributed by atoms with Crippen LogP contribution in [0.4, 0.5) is 4.39 Å². The van der Waals surface area contributed by atoms with Gasteiger partial charge in [-0.1, -0.05) is 11.2 Å². The Morgan fingerprint density at radius 2 is 2.19 bits per heavy atom. The predicted molar refractivity (Wildman–Crippen MR) is 70.7 cm³/mol. The first-order chi connectivity index (χ1) is 10.1. The summed E-state index contributed by atoms with van der Waals surface area (Å²) in [4.78, 5) is 22.2. The van der Waals surface area contributed by atoms with Crippen molar-refractivity contribution in [2.75, 3.05) is 0 Å². The van der Waals surface area contributed by atoms with Gasteiger partial charge in [0.1, 0.15) is 5.82 Å². The van der Waals surface area contributed by atoms with E-state index in [2.05, 4.69) is 10.5 Å². The van der Waals surface area contributed by atoms with E-state index in [0.717, 1.165) is 18.2 Å². The fourth-order valence-electron chi connectivity index (χ4n) is 1.57. The number of nitrogens with zero attached hydrogens (tertiary/aromatic N) is 1. The van der Waals surface area contributed by atoms with Crippen molar-refractivity contribution in [1.29, 1.82) is 0 Å². The van der Waals surface area contributed by atoms with Gasteiger partial charge in [0.15, 0.2) is 5.76 Å². The van der Waals surface area contributed by atoms with Gasteiger partial charge in [-0.05, 0) is 18.2 Å². The summed E-state index contributed by atoms with van der Waals surface area (Å²) < 4.78 is 18.5. The molecule has 0 atom stereocenters. The van der Waals surface area contributed by atoms with Gasteiger partial charge in [-0.2, -0.15) is 0 Å². The van der Waals surface area contributed by atoms with Crippen molar-refractivity contribution in [3.05, 3.63) is 59.2 Å². The lowest BCUT2D eigenvalue weighted by atomic mass is 10.1. The Morgan fingerprint density at radius 3 is 2.81 bits per heavy atom. The van der Waals surface area contributed by atoms with Crippen molar-refractivity contribution < 1.29 is 23.6 Å². The second-order valence-corrected chi connectivity index (χ2v) is 4.07. The minimum atomic E-state index is -1.18. The van der Waals surface area contributed by atoms with Crippen LogP contribution in [-0.2, 0) is 11.3 Å². The Kier molecular flexibility index (Phi) is 4.45. The minimum absolute atomic E-state index is 0.0872. The smallest absolute Gasteiger partial charge is 0.328 e. The molecule has 2 rings (SSSR count). The molecule has 7 heteroatoms. The molecular weight excluding hydrogens is 279 g/mol. The number of hydrogen-bond acceptors (Lipinski definition) is 4. The average Bonchev–Trinajstić information content (AvgIpc) is 2.96. The Hall–Kier alpha value is -2.96. The highest BCUT2D eigenvalue weighted by molar-refractivity contribution is 5.94. The molecule has 0 radical (unpaired) electrons. The number of hydrogen-bond donors (Lipinski definition) is 2. The molecule has 0 aliphatic rings. The molecule has 0 aliphatic heterocycles. The quantitative estimate of drug-likeness (QED) is 0.820. The molecule has 2 aromatic rings. The Morgan fingerprint density at radius 1 is 1.38 bits per heavy atom. The van der Waals surface area contributed by atoms with E-state index in [0.29, 0.717) is 5.76 Å². The highest BCUT2D eigenvalue weighted by Gasteiger charge is 2.09. The number of carboxylic acid groups (broad SMARTS) is 1. The number of carbonyl (C=O) groups is 2. The third-order valence-corrected chi connectivity index (χ3v) is 2.58. The third-order valence-electron chi connectivity index (χ3n) is 2.58. The SMILES string of the molecule is O=C(O)/C=C/c1ccc(C(=O)NCc2ccno2)cc1F. The molecule has 21 heavy (non-hydrogen) atoms. The van der Waals surface area contributed by atoms with E-state index in [1.807, 2.05) is 0 Å². The monoisotopic (exact) mass is 290 g/mol. The predicted octanol–water partition coefficient (Wildman–Crippen LogP) is 1.84. The van der Waals surface area contributed by atoms with E-state index in [4.69, 9.17) is 9.63 Å². The topological polar surface area (TPSA) is 92.4 Å². The first-order valence-corrected chi connectivity index (χ1v) is 5.94. The maximum Gasteiger partial charge on any atom is 0.328 e. The number of benzene rings is 1. The van der Waals surface area contributed by atoms with Gasteiger partial charge in [-0.3, -0.25) is 4.79 Å². The second kappa shape index (κ2) is 6.47. The van der Waals surface area contributed by atoms with Gasteiger partial charge in [0.2, 0.25) is 0 Å². The van der Waals surface area contributed by atoms with Crippen LogP contribution in [0.1, 0.15) is 21.7 Å². The highest BCUT2D eigenvalue weighted by Crippen LogP contribution is 2.12. The van der Waals surface area contributed by atoms with E-state index < -0.39 is 17.7 Å². The van der Waals surface area contributed by atoms with E-state index in [-0.39, 0.29) is 17.7 Å². The van der Waals surface area contributed by atoms with Gasteiger partial charge >= 0.3 is 5.97 Å². The maximum atomic E-state index is 13.7. The summed E-state index contributed by atoms with van der Waals surface area (Å²) in [6.45, 7) is 0.140. The van der Waals surface area contributed by atoms with Crippen LogP contribution in [-0.4, -0.2) is 22.1 Å². The van der Waals surface area contributed by atoms with Crippen LogP contribution in [0.3, 0.4) is 0 Å². The van der Waals surface area contributed by atoms with E-state index in [1.54, 1.807) is 6.07 Å². The molecule has 0 unspecified atom stereocenters.